The smallest absolute Gasteiger partial charge is 0.316 e. The van der Waals surface area contributed by atoms with Gasteiger partial charge in [0.2, 0.25) is 17.7 Å². The lowest BCUT2D eigenvalue weighted by atomic mass is 9.81. The molecule has 2 aromatic rings. The molecule has 7 nitrogen and oxygen atoms in total. The Bertz CT molecular complexity index is 1310. The lowest BCUT2D eigenvalue weighted by Gasteiger charge is -2.28. The Hall–Kier alpha value is -2.52. The number of ether oxygens (including phenoxy) is 1. The molecule has 2 saturated heterocycles. The molecule has 0 aromatic heterocycles. The first kappa shape index (κ1) is 25.7. The number of nitrogens with zero attached hydrogens (tertiary/aromatic N) is 2. The van der Waals surface area contributed by atoms with Gasteiger partial charge in [0.15, 0.2) is 0 Å². The zero-order chi connectivity index (χ0) is 26.9. The minimum atomic E-state index is -0.570. The van der Waals surface area contributed by atoms with Crippen molar-refractivity contribution in [3.05, 3.63) is 53.6 Å². The van der Waals surface area contributed by atoms with Gasteiger partial charge in [0.25, 0.3) is 0 Å². The van der Waals surface area contributed by atoms with Gasteiger partial charge in [-0.3, -0.25) is 19.2 Å². The van der Waals surface area contributed by atoms with Crippen molar-refractivity contribution in [3.63, 3.8) is 0 Å². The number of alkyl halides is 2. The first-order valence-corrected chi connectivity index (χ1v) is 14.9. The van der Waals surface area contributed by atoms with Crippen LogP contribution in [0.3, 0.4) is 0 Å². The third kappa shape index (κ3) is 3.96. The molecular formula is C29H28Br2N2O5. The van der Waals surface area contributed by atoms with E-state index in [1.807, 2.05) is 24.3 Å². The number of carbonyl (C=O) groups excluding carboxylic acids is 4. The van der Waals surface area contributed by atoms with Gasteiger partial charge in [-0.2, -0.15) is 0 Å². The maximum atomic E-state index is 13.4. The van der Waals surface area contributed by atoms with Gasteiger partial charge in [0.05, 0.1) is 23.4 Å². The van der Waals surface area contributed by atoms with Crippen LogP contribution in [0.15, 0.2) is 42.5 Å². The summed E-state index contributed by atoms with van der Waals surface area (Å²) in [4.78, 5) is 55.7. The Morgan fingerprint density at radius 2 is 1.61 bits per heavy atom. The average molecular weight is 644 g/mol. The molecule has 0 spiro atoms. The SMILES string of the molecule is CCc1ccc(N2C[C@H](C(=O)Oc3ccc(N4C(=O)[C@@H]5[C@H]6C[C@@H]([C@H](Br)[C@H]6Br)[C@H]5C4=O)c(C)c3)CC2=O)cc1. The number of hydrogen-bond acceptors (Lipinski definition) is 5. The Morgan fingerprint density at radius 3 is 2.18 bits per heavy atom. The first-order valence-electron chi connectivity index (χ1n) is 13.1. The lowest BCUT2D eigenvalue weighted by molar-refractivity contribution is -0.139. The highest BCUT2D eigenvalue weighted by atomic mass is 79.9. The van der Waals surface area contributed by atoms with Crippen molar-refractivity contribution in [1.29, 1.82) is 0 Å². The van der Waals surface area contributed by atoms with Crippen LogP contribution < -0.4 is 14.5 Å². The molecule has 7 atom stereocenters. The molecule has 2 bridgehead atoms. The van der Waals surface area contributed by atoms with Gasteiger partial charge in [-0.1, -0.05) is 50.9 Å². The second-order valence-corrected chi connectivity index (χ2v) is 12.9. The van der Waals surface area contributed by atoms with Gasteiger partial charge >= 0.3 is 5.97 Å². The van der Waals surface area contributed by atoms with E-state index in [2.05, 4.69) is 38.8 Å². The summed E-state index contributed by atoms with van der Waals surface area (Å²) in [5, 5.41) is 0. The summed E-state index contributed by atoms with van der Waals surface area (Å²) < 4.78 is 5.65. The molecule has 2 saturated carbocycles. The predicted octanol–water partition coefficient (Wildman–Crippen LogP) is 4.80. The molecule has 3 amide bonds. The summed E-state index contributed by atoms with van der Waals surface area (Å²) in [6.45, 7) is 4.14. The van der Waals surface area contributed by atoms with E-state index in [0.29, 0.717) is 17.0 Å². The summed E-state index contributed by atoms with van der Waals surface area (Å²) in [6, 6.07) is 12.8. The van der Waals surface area contributed by atoms with Gasteiger partial charge in [-0.25, -0.2) is 4.90 Å². The largest absolute Gasteiger partial charge is 0.426 e. The van der Waals surface area contributed by atoms with E-state index in [9.17, 15) is 19.2 Å². The summed E-state index contributed by atoms with van der Waals surface area (Å²) in [7, 11) is 0. The highest BCUT2D eigenvalue weighted by Gasteiger charge is 2.66. The molecule has 9 heteroatoms. The van der Waals surface area contributed by atoms with Crippen LogP contribution >= 0.6 is 31.9 Å². The topological polar surface area (TPSA) is 84.0 Å². The fourth-order valence-electron chi connectivity index (χ4n) is 6.75. The molecule has 38 heavy (non-hydrogen) atoms. The van der Waals surface area contributed by atoms with Crippen molar-refractivity contribution in [2.75, 3.05) is 16.3 Å². The number of rotatable bonds is 5. The number of carbonyl (C=O) groups is 4. The number of amides is 3. The highest BCUT2D eigenvalue weighted by molar-refractivity contribution is 9.12. The fraction of sp³-hybridized carbons (Fsp3) is 0.448. The van der Waals surface area contributed by atoms with E-state index in [1.54, 1.807) is 30.0 Å². The van der Waals surface area contributed by atoms with Crippen LogP contribution in [0.1, 0.15) is 30.9 Å². The van der Waals surface area contributed by atoms with Crippen LogP contribution in [-0.2, 0) is 25.6 Å². The molecule has 2 aliphatic heterocycles. The van der Waals surface area contributed by atoms with Crippen LogP contribution in [-0.4, -0.2) is 39.9 Å². The molecule has 4 fully saturated rings. The van der Waals surface area contributed by atoms with Crippen molar-refractivity contribution in [1.82, 2.24) is 0 Å². The Kier molecular flexibility index (Phi) is 6.50. The number of fused-ring (bicyclic) bond motifs is 5. The number of benzene rings is 2. The van der Waals surface area contributed by atoms with E-state index in [-0.39, 0.29) is 64.0 Å². The Balaban J connectivity index is 1.15. The van der Waals surface area contributed by atoms with E-state index in [0.717, 1.165) is 18.5 Å². The average Bonchev–Trinajstić information content (AvgIpc) is 3.62. The second kappa shape index (κ2) is 9.59. The van der Waals surface area contributed by atoms with Crippen LogP contribution in [0, 0.1) is 36.5 Å². The lowest BCUT2D eigenvalue weighted by Crippen LogP contribution is -2.37. The van der Waals surface area contributed by atoms with E-state index >= 15 is 0 Å². The molecule has 0 N–H and O–H groups in total. The van der Waals surface area contributed by atoms with Gasteiger partial charge in [0, 0.05) is 28.3 Å². The Labute approximate surface area is 238 Å². The van der Waals surface area contributed by atoms with E-state index in [4.69, 9.17) is 4.74 Å². The number of halogens is 2. The summed E-state index contributed by atoms with van der Waals surface area (Å²) in [6.07, 6.45) is 1.89. The van der Waals surface area contributed by atoms with Crippen molar-refractivity contribution >= 4 is 66.9 Å². The third-order valence-corrected chi connectivity index (χ3v) is 11.9. The predicted molar refractivity (Wildman–Crippen MR) is 150 cm³/mol. The molecule has 4 aliphatic rings. The van der Waals surface area contributed by atoms with Crippen LogP contribution in [0.25, 0.3) is 0 Å². The molecule has 6 rings (SSSR count). The zero-order valence-corrected chi connectivity index (χ0v) is 24.3. The number of imide groups is 1. The number of esters is 1. The summed E-state index contributed by atoms with van der Waals surface area (Å²) in [5.74, 6) is -1.37. The van der Waals surface area contributed by atoms with Gasteiger partial charge in [-0.05, 0) is 73.1 Å². The van der Waals surface area contributed by atoms with Crippen molar-refractivity contribution in [2.45, 2.75) is 42.8 Å². The fourth-order valence-corrected chi connectivity index (χ4v) is 8.63. The standard InChI is InChI=1S/C29H28Br2N2O5/c1-3-15-4-6-17(7-5-15)32-13-16(11-22(32)34)29(37)38-18-8-9-21(14(2)10-18)33-27(35)23-19-12-20(24(23)28(33)36)26(31)25(19)30/h4-10,16,19-20,23-26H,3,11-13H2,1-2H3/t16-,19-,20-,23-,24-,25+,26+/m1/s1. The van der Waals surface area contributed by atoms with Crippen LogP contribution in [0.5, 0.6) is 5.75 Å². The molecule has 2 heterocycles. The van der Waals surface area contributed by atoms with E-state index in [1.165, 1.54) is 10.5 Å². The van der Waals surface area contributed by atoms with Crippen LogP contribution in [0.4, 0.5) is 11.4 Å². The first-order chi connectivity index (χ1) is 18.2. The molecule has 0 radical (unpaired) electrons. The molecular weight excluding hydrogens is 616 g/mol. The number of anilines is 2. The Morgan fingerprint density at radius 1 is 0.974 bits per heavy atom. The maximum Gasteiger partial charge on any atom is 0.316 e. The minimum absolute atomic E-state index is 0.0937. The summed E-state index contributed by atoms with van der Waals surface area (Å²) >= 11 is 7.44. The quantitative estimate of drug-likeness (QED) is 0.202. The maximum absolute atomic E-state index is 13.4. The molecule has 2 aromatic carbocycles. The molecule has 198 valence electrons. The number of aryl methyl sites for hydroxylation is 2. The summed E-state index contributed by atoms with van der Waals surface area (Å²) in [5.41, 5.74) is 3.17. The van der Waals surface area contributed by atoms with Crippen molar-refractivity contribution in [2.24, 2.45) is 29.6 Å². The van der Waals surface area contributed by atoms with Crippen molar-refractivity contribution in [3.8, 4) is 5.75 Å². The zero-order valence-electron chi connectivity index (χ0n) is 21.1. The minimum Gasteiger partial charge on any atom is -0.426 e. The van der Waals surface area contributed by atoms with Crippen LogP contribution in [0.2, 0.25) is 0 Å². The molecule has 0 unspecified atom stereocenters. The van der Waals surface area contributed by atoms with Crippen molar-refractivity contribution < 1.29 is 23.9 Å². The van der Waals surface area contributed by atoms with E-state index < -0.39 is 11.9 Å². The third-order valence-electron chi connectivity index (χ3n) is 8.73. The normalized spacial score (nSPS) is 31.9. The second-order valence-electron chi connectivity index (χ2n) is 10.8. The monoisotopic (exact) mass is 642 g/mol. The highest BCUT2D eigenvalue weighted by Crippen LogP contribution is 2.60. The molecule has 2 aliphatic carbocycles. The van der Waals surface area contributed by atoms with Gasteiger partial charge in [-0.15, -0.1) is 0 Å². The van der Waals surface area contributed by atoms with Gasteiger partial charge < -0.3 is 9.64 Å². The number of hydrogen-bond donors (Lipinski definition) is 0. The van der Waals surface area contributed by atoms with Gasteiger partial charge in [0.1, 0.15) is 5.75 Å².